The van der Waals surface area contributed by atoms with Gasteiger partial charge in [-0.3, -0.25) is 4.79 Å². The summed E-state index contributed by atoms with van der Waals surface area (Å²) in [5.41, 5.74) is 1.32. The van der Waals surface area contributed by atoms with Crippen LogP contribution in [0.1, 0.15) is 46.5 Å². The summed E-state index contributed by atoms with van der Waals surface area (Å²) in [4.78, 5) is 23.0. The van der Waals surface area contributed by atoms with E-state index in [0.717, 1.165) is 12.8 Å². The van der Waals surface area contributed by atoms with Crippen LogP contribution in [0.2, 0.25) is 0 Å². The summed E-state index contributed by atoms with van der Waals surface area (Å²) in [6.07, 6.45) is 4.59. The third-order valence-electron chi connectivity index (χ3n) is 3.54. The maximum absolute atomic E-state index is 11.9. The van der Waals surface area contributed by atoms with Crippen LogP contribution in [0.15, 0.2) is 24.3 Å². The second-order valence-electron chi connectivity index (χ2n) is 5.51. The summed E-state index contributed by atoms with van der Waals surface area (Å²) in [7, 11) is 0. The average molecular weight is 305 g/mol. The number of amides is 3. The molecule has 3 amide bonds. The number of hydrogen-bond donors (Lipinski definition) is 3. The maximum atomic E-state index is 11.9. The lowest BCUT2D eigenvalue weighted by molar-refractivity contribution is -0.114. The number of carbonyl (C=O) groups is 2. The molecule has 0 aliphatic heterocycles. The molecule has 0 spiro atoms. The van der Waals surface area contributed by atoms with Crippen molar-refractivity contribution in [3.05, 3.63) is 24.3 Å². The van der Waals surface area contributed by atoms with Crippen LogP contribution in [-0.4, -0.2) is 18.5 Å². The molecule has 0 aliphatic rings. The van der Waals surface area contributed by atoms with E-state index in [4.69, 9.17) is 0 Å². The van der Waals surface area contributed by atoms with Crippen molar-refractivity contribution in [3.8, 4) is 0 Å². The van der Waals surface area contributed by atoms with Crippen molar-refractivity contribution in [3.63, 3.8) is 0 Å². The Bertz CT molecular complexity index is 489. The van der Waals surface area contributed by atoms with Crippen LogP contribution in [0.4, 0.5) is 16.2 Å². The van der Waals surface area contributed by atoms with Gasteiger partial charge in [-0.05, 0) is 30.5 Å². The van der Waals surface area contributed by atoms with Crippen molar-refractivity contribution in [2.45, 2.75) is 46.5 Å². The molecule has 5 heteroatoms. The van der Waals surface area contributed by atoms with Gasteiger partial charge < -0.3 is 16.0 Å². The molecule has 0 bridgehead atoms. The molecule has 22 heavy (non-hydrogen) atoms. The summed E-state index contributed by atoms with van der Waals surface area (Å²) in [6.45, 7) is 6.47. The summed E-state index contributed by atoms with van der Waals surface area (Å²) < 4.78 is 0. The van der Waals surface area contributed by atoms with E-state index in [-0.39, 0.29) is 11.9 Å². The SMILES string of the molecule is CCCCC(CC)CNC(=O)Nc1cccc(NC(C)=O)c1. The Morgan fingerprint density at radius 1 is 1.14 bits per heavy atom. The predicted molar refractivity (Wildman–Crippen MR) is 91.1 cm³/mol. The van der Waals surface area contributed by atoms with Crippen molar-refractivity contribution in [1.82, 2.24) is 5.32 Å². The van der Waals surface area contributed by atoms with Gasteiger partial charge >= 0.3 is 6.03 Å². The van der Waals surface area contributed by atoms with Gasteiger partial charge in [0.05, 0.1) is 0 Å². The highest BCUT2D eigenvalue weighted by atomic mass is 16.2. The molecular formula is C17H27N3O2. The first kappa shape index (κ1) is 18.0. The smallest absolute Gasteiger partial charge is 0.319 e. The third kappa shape index (κ3) is 7.11. The van der Waals surface area contributed by atoms with Gasteiger partial charge in [-0.15, -0.1) is 0 Å². The number of nitrogens with one attached hydrogen (secondary N) is 3. The largest absolute Gasteiger partial charge is 0.338 e. The molecule has 0 radical (unpaired) electrons. The lowest BCUT2D eigenvalue weighted by Crippen LogP contribution is -2.33. The zero-order chi connectivity index (χ0) is 16.4. The minimum Gasteiger partial charge on any atom is -0.338 e. The highest BCUT2D eigenvalue weighted by Gasteiger charge is 2.08. The number of anilines is 2. The van der Waals surface area contributed by atoms with Crippen LogP contribution in [0.3, 0.4) is 0 Å². The summed E-state index contributed by atoms with van der Waals surface area (Å²) in [5, 5.41) is 8.39. The van der Waals surface area contributed by atoms with Crippen LogP contribution in [0.25, 0.3) is 0 Å². The number of carbonyl (C=O) groups excluding carboxylic acids is 2. The number of rotatable bonds is 8. The topological polar surface area (TPSA) is 70.2 Å². The van der Waals surface area contributed by atoms with Gasteiger partial charge in [0.1, 0.15) is 0 Å². The van der Waals surface area contributed by atoms with Gasteiger partial charge in [0.15, 0.2) is 0 Å². The van der Waals surface area contributed by atoms with Gasteiger partial charge in [0, 0.05) is 24.8 Å². The Morgan fingerprint density at radius 2 is 1.82 bits per heavy atom. The molecule has 1 aromatic carbocycles. The van der Waals surface area contributed by atoms with Crippen molar-refractivity contribution >= 4 is 23.3 Å². The van der Waals surface area contributed by atoms with Gasteiger partial charge in [-0.1, -0.05) is 39.2 Å². The molecule has 5 nitrogen and oxygen atoms in total. The number of benzene rings is 1. The van der Waals surface area contributed by atoms with Crippen LogP contribution in [-0.2, 0) is 4.79 Å². The molecule has 1 unspecified atom stereocenters. The standard InChI is InChI=1S/C17H27N3O2/c1-4-6-8-14(5-2)12-18-17(22)20-16-10-7-9-15(11-16)19-13(3)21/h7,9-11,14H,4-6,8,12H2,1-3H3,(H,19,21)(H2,18,20,22). The van der Waals surface area contributed by atoms with E-state index in [1.807, 2.05) is 0 Å². The van der Waals surface area contributed by atoms with E-state index in [1.165, 1.54) is 19.8 Å². The van der Waals surface area contributed by atoms with Crippen molar-refractivity contribution in [2.75, 3.05) is 17.2 Å². The quantitative estimate of drug-likeness (QED) is 0.680. The van der Waals surface area contributed by atoms with E-state index in [0.29, 0.717) is 23.8 Å². The Hall–Kier alpha value is -2.04. The molecule has 0 saturated heterocycles. The Labute approximate surface area is 132 Å². The van der Waals surface area contributed by atoms with Gasteiger partial charge in [-0.25, -0.2) is 4.79 Å². The fraction of sp³-hybridized carbons (Fsp3) is 0.529. The minimum atomic E-state index is -0.213. The molecule has 1 aromatic rings. The van der Waals surface area contributed by atoms with E-state index in [2.05, 4.69) is 29.8 Å². The van der Waals surface area contributed by atoms with Gasteiger partial charge in [-0.2, -0.15) is 0 Å². The van der Waals surface area contributed by atoms with Gasteiger partial charge in [0.25, 0.3) is 0 Å². The number of hydrogen-bond acceptors (Lipinski definition) is 2. The highest BCUT2D eigenvalue weighted by molar-refractivity contribution is 5.92. The highest BCUT2D eigenvalue weighted by Crippen LogP contribution is 2.15. The Morgan fingerprint density at radius 3 is 2.41 bits per heavy atom. The van der Waals surface area contributed by atoms with Gasteiger partial charge in [0.2, 0.25) is 5.91 Å². The zero-order valence-electron chi connectivity index (χ0n) is 13.7. The molecular weight excluding hydrogens is 278 g/mol. The van der Waals surface area contributed by atoms with Crippen molar-refractivity contribution < 1.29 is 9.59 Å². The second-order valence-corrected chi connectivity index (χ2v) is 5.51. The monoisotopic (exact) mass is 305 g/mol. The fourth-order valence-corrected chi connectivity index (χ4v) is 2.23. The summed E-state index contributed by atoms with van der Waals surface area (Å²) in [6, 6.07) is 6.88. The molecule has 0 saturated carbocycles. The molecule has 3 N–H and O–H groups in total. The molecule has 122 valence electrons. The molecule has 0 aromatic heterocycles. The zero-order valence-corrected chi connectivity index (χ0v) is 13.7. The molecule has 0 aliphatic carbocycles. The van der Waals surface area contributed by atoms with Crippen LogP contribution >= 0.6 is 0 Å². The molecule has 1 atom stereocenters. The third-order valence-corrected chi connectivity index (χ3v) is 3.54. The maximum Gasteiger partial charge on any atom is 0.319 e. The number of unbranched alkanes of at least 4 members (excludes halogenated alkanes) is 1. The second kappa shape index (κ2) is 9.82. The van der Waals surface area contributed by atoms with Crippen molar-refractivity contribution in [2.24, 2.45) is 5.92 Å². The van der Waals surface area contributed by atoms with E-state index >= 15 is 0 Å². The van der Waals surface area contributed by atoms with E-state index < -0.39 is 0 Å². The molecule has 0 fully saturated rings. The predicted octanol–water partition coefficient (Wildman–Crippen LogP) is 3.98. The summed E-state index contributed by atoms with van der Waals surface area (Å²) in [5.74, 6) is 0.389. The number of urea groups is 1. The first-order valence-electron chi connectivity index (χ1n) is 7.97. The molecule has 1 rings (SSSR count). The lowest BCUT2D eigenvalue weighted by Gasteiger charge is -2.16. The van der Waals surface area contributed by atoms with Crippen LogP contribution in [0.5, 0.6) is 0 Å². The van der Waals surface area contributed by atoms with Crippen LogP contribution in [0, 0.1) is 5.92 Å². The van der Waals surface area contributed by atoms with Crippen LogP contribution < -0.4 is 16.0 Å². The first-order chi connectivity index (χ1) is 10.5. The Kier molecular flexibility index (Phi) is 8.04. The van der Waals surface area contributed by atoms with E-state index in [9.17, 15) is 9.59 Å². The first-order valence-corrected chi connectivity index (χ1v) is 7.97. The fourth-order valence-electron chi connectivity index (χ4n) is 2.23. The average Bonchev–Trinajstić information content (AvgIpc) is 2.47. The lowest BCUT2D eigenvalue weighted by atomic mass is 9.99. The Balaban J connectivity index is 2.45. The molecule has 0 heterocycles. The van der Waals surface area contributed by atoms with E-state index in [1.54, 1.807) is 24.3 Å². The normalized spacial score (nSPS) is 11.6. The van der Waals surface area contributed by atoms with Crippen molar-refractivity contribution in [1.29, 1.82) is 0 Å². The minimum absolute atomic E-state index is 0.136. The summed E-state index contributed by atoms with van der Waals surface area (Å²) >= 11 is 0.